The molecule has 0 aliphatic carbocycles. The summed E-state index contributed by atoms with van der Waals surface area (Å²) in [5.74, 6) is -1.39. The molecular formula is C15H17NO3S. The first kappa shape index (κ1) is 14.8. The normalized spacial score (nSPS) is 22.4. The Bertz CT molecular complexity index is 533. The molecule has 2 rings (SSSR count). The third-order valence-electron chi connectivity index (χ3n) is 3.77. The molecule has 1 aromatic carbocycles. The first-order valence-corrected chi connectivity index (χ1v) is 7.70. The number of hydrogen-bond donors (Lipinski definition) is 0. The molecule has 2 atom stereocenters. The second kappa shape index (κ2) is 5.79. The van der Waals surface area contributed by atoms with Gasteiger partial charge in [-0.2, -0.15) is 0 Å². The summed E-state index contributed by atoms with van der Waals surface area (Å²) < 4.78 is 0. The number of hydrogen-bond acceptors (Lipinski definition) is 4. The fraction of sp³-hybridized carbons (Fsp3) is 0.400. The maximum Gasteiger partial charge on any atom is 0.233 e. The molecule has 0 spiro atoms. The van der Waals surface area contributed by atoms with E-state index in [0.717, 1.165) is 9.80 Å². The highest BCUT2D eigenvalue weighted by Crippen LogP contribution is 2.25. The van der Waals surface area contributed by atoms with Crippen LogP contribution >= 0.6 is 11.8 Å². The second-order valence-electron chi connectivity index (χ2n) is 4.99. The maximum atomic E-state index is 12.2. The van der Waals surface area contributed by atoms with Gasteiger partial charge in [-0.1, -0.05) is 26.0 Å². The van der Waals surface area contributed by atoms with Crippen LogP contribution in [0.25, 0.3) is 0 Å². The Labute approximate surface area is 122 Å². The van der Waals surface area contributed by atoms with Gasteiger partial charge in [-0.3, -0.25) is 19.3 Å². The average Bonchev–Trinajstić information content (AvgIpc) is 2.65. The monoisotopic (exact) mass is 291 g/mol. The Morgan fingerprint density at radius 2 is 1.60 bits per heavy atom. The summed E-state index contributed by atoms with van der Waals surface area (Å²) in [4.78, 5) is 38.2. The fourth-order valence-corrected chi connectivity index (χ4v) is 2.60. The highest BCUT2D eigenvalue weighted by atomic mass is 32.2. The number of thioether (sulfide) groups is 1. The Hall–Kier alpha value is -1.62. The second-order valence-corrected chi connectivity index (χ2v) is 5.87. The fourth-order valence-electron chi connectivity index (χ4n) is 2.20. The first-order valence-electron chi connectivity index (χ1n) is 6.48. The van der Waals surface area contributed by atoms with Crippen molar-refractivity contribution < 1.29 is 14.4 Å². The molecule has 1 aromatic rings. The molecule has 2 amide bonds. The number of benzene rings is 1. The smallest absolute Gasteiger partial charge is 0.233 e. The predicted molar refractivity (Wildman–Crippen MR) is 77.6 cm³/mol. The van der Waals surface area contributed by atoms with E-state index in [0.29, 0.717) is 5.56 Å². The number of carbonyl (C=O) groups is 3. The van der Waals surface area contributed by atoms with Gasteiger partial charge >= 0.3 is 0 Å². The summed E-state index contributed by atoms with van der Waals surface area (Å²) >= 11 is 1.59. The lowest BCUT2D eigenvalue weighted by atomic mass is 10.00. The topological polar surface area (TPSA) is 54.5 Å². The minimum atomic E-state index is -0.339. The minimum Gasteiger partial charge on any atom is -0.292 e. The molecular weight excluding hydrogens is 274 g/mol. The van der Waals surface area contributed by atoms with Crippen LogP contribution in [0.1, 0.15) is 24.2 Å². The number of ketones is 1. The lowest BCUT2D eigenvalue weighted by Gasteiger charge is -2.13. The van der Waals surface area contributed by atoms with E-state index in [2.05, 4.69) is 0 Å². The Morgan fingerprint density at radius 1 is 1.10 bits per heavy atom. The molecule has 2 unspecified atom stereocenters. The maximum absolute atomic E-state index is 12.2. The highest BCUT2D eigenvalue weighted by molar-refractivity contribution is 7.98. The molecule has 0 aromatic heterocycles. The predicted octanol–water partition coefficient (Wildman–Crippen LogP) is 2.23. The van der Waals surface area contributed by atoms with Gasteiger partial charge in [0.05, 0.1) is 6.54 Å². The molecule has 1 aliphatic heterocycles. The van der Waals surface area contributed by atoms with E-state index in [9.17, 15) is 14.4 Å². The van der Waals surface area contributed by atoms with Gasteiger partial charge in [-0.25, -0.2) is 0 Å². The molecule has 4 nitrogen and oxygen atoms in total. The van der Waals surface area contributed by atoms with Crippen LogP contribution in [-0.2, 0) is 9.59 Å². The van der Waals surface area contributed by atoms with E-state index in [1.165, 1.54) is 0 Å². The van der Waals surface area contributed by atoms with Gasteiger partial charge < -0.3 is 0 Å². The first-order chi connectivity index (χ1) is 9.45. The number of nitrogens with zero attached hydrogens (tertiary/aromatic N) is 1. The van der Waals surface area contributed by atoms with Crippen molar-refractivity contribution in [1.29, 1.82) is 0 Å². The average molecular weight is 291 g/mol. The van der Waals surface area contributed by atoms with Crippen LogP contribution in [0.15, 0.2) is 29.2 Å². The Kier molecular flexibility index (Phi) is 4.28. The summed E-state index contributed by atoms with van der Waals surface area (Å²) in [6.45, 7) is 3.29. The van der Waals surface area contributed by atoms with Gasteiger partial charge in [-0.15, -0.1) is 11.8 Å². The van der Waals surface area contributed by atoms with Gasteiger partial charge in [0.15, 0.2) is 5.78 Å². The quantitative estimate of drug-likeness (QED) is 0.485. The van der Waals surface area contributed by atoms with E-state index in [1.54, 1.807) is 37.7 Å². The van der Waals surface area contributed by atoms with Crippen molar-refractivity contribution in [3.8, 4) is 0 Å². The number of imide groups is 1. The molecule has 0 saturated carbocycles. The molecule has 0 N–H and O–H groups in total. The van der Waals surface area contributed by atoms with Crippen molar-refractivity contribution in [2.45, 2.75) is 18.7 Å². The van der Waals surface area contributed by atoms with Crippen molar-refractivity contribution in [2.75, 3.05) is 12.8 Å². The van der Waals surface area contributed by atoms with Gasteiger partial charge in [0.2, 0.25) is 11.8 Å². The summed E-state index contributed by atoms with van der Waals surface area (Å²) in [5, 5.41) is 0. The zero-order valence-electron chi connectivity index (χ0n) is 11.8. The molecule has 0 radical (unpaired) electrons. The number of likely N-dealkylation sites (tertiary alicyclic amines) is 1. The van der Waals surface area contributed by atoms with E-state index >= 15 is 0 Å². The van der Waals surface area contributed by atoms with Crippen molar-refractivity contribution in [3.63, 3.8) is 0 Å². The third-order valence-corrected chi connectivity index (χ3v) is 4.52. The van der Waals surface area contributed by atoms with Gasteiger partial charge in [-0.05, 0) is 18.4 Å². The van der Waals surface area contributed by atoms with Crippen molar-refractivity contribution in [3.05, 3.63) is 29.8 Å². The van der Waals surface area contributed by atoms with Crippen molar-refractivity contribution in [1.82, 2.24) is 4.90 Å². The van der Waals surface area contributed by atoms with Crippen LogP contribution in [0, 0.1) is 11.8 Å². The molecule has 1 heterocycles. The van der Waals surface area contributed by atoms with Crippen LogP contribution in [0.2, 0.25) is 0 Å². The largest absolute Gasteiger partial charge is 0.292 e. The number of amides is 2. The van der Waals surface area contributed by atoms with E-state index in [4.69, 9.17) is 0 Å². The third kappa shape index (κ3) is 2.63. The molecule has 106 valence electrons. The molecule has 5 heteroatoms. The summed E-state index contributed by atoms with van der Waals surface area (Å²) in [6, 6.07) is 7.17. The lowest BCUT2D eigenvalue weighted by molar-refractivity contribution is -0.139. The molecule has 1 saturated heterocycles. The van der Waals surface area contributed by atoms with E-state index in [-0.39, 0.29) is 36.0 Å². The highest BCUT2D eigenvalue weighted by Gasteiger charge is 2.42. The molecule has 1 fully saturated rings. The van der Waals surface area contributed by atoms with Gasteiger partial charge in [0.25, 0.3) is 0 Å². The number of Topliss-reactive ketones (excluding diaryl/α,β-unsaturated/α-hetero) is 1. The van der Waals surface area contributed by atoms with Crippen LogP contribution in [0.4, 0.5) is 0 Å². The SMILES string of the molecule is CSc1ccc(C(=O)CN2C(=O)C(C)C(C)C2=O)cc1. The summed E-state index contributed by atoms with van der Waals surface area (Å²) in [5.41, 5.74) is 0.524. The van der Waals surface area contributed by atoms with Gasteiger partial charge in [0, 0.05) is 22.3 Å². The van der Waals surface area contributed by atoms with E-state index in [1.807, 2.05) is 18.4 Å². The van der Waals surface area contributed by atoms with Crippen LogP contribution in [-0.4, -0.2) is 35.3 Å². The minimum absolute atomic E-state index is 0.162. The summed E-state index contributed by atoms with van der Waals surface area (Å²) in [7, 11) is 0. The van der Waals surface area contributed by atoms with Crippen LogP contribution < -0.4 is 0 Å². The zero-order valence-corrected chi connectivity index (χ0v) is 12.6. The van der Waals surface area contributed by atoms with Crippen molar-refractivity contribution in [2.24, 2.45) is 11.8 Å². The standard InChI is InChI=1S/C15H17NO3S/c1-9-10(2)15(19)16(14(9)18)8-13(17)11-4-6-12(20-3)7-5-11/h4-7,9-10H,8H2,1-3H3. The Morgan fingerprint density at radius 3 is 2.05 bits per heavy atom. The van der Waals surface area contributed by atoms with Crippen molar-refractivity contribution >= 4 is 29.4 Å². The molecule has 1 aliphatic rings. The Balaban J connectivity index is 2.11. The van der Waals surface area contributed by atoms with Gasteiger partial charge in [0.1, 0.15) is 0 Å². The lowest BCUT2D eigenvalue weighted by Crippen LogP contribution is -2.35. The number of rotatable bonds is 4. The zero-order chi connectivity index (χ0) is 14.9. The van der Waals surface area contributed by atoms with E-state index < -0.39 is 0 Å². The molecule has 20 heavy (non-hydrogen) atoms. The summed E-state index contributed by atoms with van der Waals surface area (Å²) in [6.07, 6.45) is 1.96. The van der Waals surface area contributed by atoms with Crippen LogP contribution in [0.3, 0.4) is 0 Å². The molecule has 0 bridgehead atoms. The van der Waals surface area contributed by atoms with Crippen LogP contribution in [0.5, 0.6) is 0 Å². The number of carbonyl (C=O) groups excluding carboxylic acids is 3.